The van der Waals surface area contributed by atoms with Crippen molar-refractivity contribution in [1.82, 2.24) is 0 Å². The molecule has 0 spiro atoms. The van der Waals surface area contributed by atoms with E-state index in [4.69, 9.17) is 10.9 Å². The standard InChI is InChI=1S/C12H16BrN3OS/c1-16(8-5-6-18-7-8)10-4-2-3-9(13)11(10)12(14)15-17/h2-4,8,17H,5-7H2,1H3,(H2,14,15). The molecule has 0 bridgehead atoms. The number of rotatable bonds is 3. The lowest BCUT2D eigenvalue weighted by atomic mass is 10.1. The molecule has 0 amide bonds. The van der Waals surface area contributed by atoms with E-state index in [1.54, 1.807) is 0 Å². The number of anilines is 1. The van der Waals surface area contributed by atoms with Crippen LogP contribution >= 0.6 is 27.7 Å². The third-order valence-corrected chi connectivity index (χ3v) is 4.99. The van der Waals surface area contributed by atoms with Crippen molar-refractivity contribution < 1.29 is 5.21 Å². The van der Waals surface area contributed by atoms with E-state index in [0.717, 1.165) is 21.5 Å². The van der Waals surface area contributed by atoms with Crippen molar-refractivity contribution in [3.05, 3.63) is 28.2 Å². The maximum absolute atomic E-state index is 8.90. The Bertz CT molecular complexity index is 461. The van der Waals surface area contributed by atoms with Crippen LogP contribution in [0.15, 0.2) is 27.8 Å². The van der Waals surface area contributed by atoms with Crippen LogP contribution in [0, 0.1) is 0 Å². The van der Waals surface area contributed by atoms with Gasteiger partial charge in [0, 0.05) is 29.0 Å². The van der Waals surface area contributed by atoms with Gasteiger partial charge >= 0.3 is 0 Å². The minimum absolute atomic E-state index is 0.134. The van der Waals surface area contributed by atoms with E-state index in [0.29, 0.717) is 6.04 Å². The van der Waals surface area contributed by atoms with Crippen LogP contribution in [0.2, 0.25) is 0 Å². The van der Waals surface area contributed by atoms with E-state index < -0.39 is 0 Å². The molecule has 0 aliphatic carbocycles. The van der Waals surface area contributed by atoms with Crippen LogP contribution in [0.3, 0.4) is 0 Å². The second-order valence-electron chi connectivity index (χ2n) is 4.25. The summed E-state index contributed by atoms with van der Waals surface area (Å²) >= 11 is 5.43. The maximum Gasteiger partial charge on any atom is 0.173 e. The number of halogens is 1. The maximum atomic E-state index is 8.90. The predicted octanol–water partition coefficient (Wildman–Crippen LogP) is 2.49. The Labute approximate surface area is 119 Å². The van der Waals surface area contributed by atoms with Gasteiger partial charge < -0.3 is 15.8 Å². The molecule has 0 aromatic heterocycles. The van der Waals surface area contributed by atoms with Crippen LogP contribution in [0.4, 0.5) is 5.69 Å². The largest absolute Gasteiger partial charge is 0.409 e. The van der Waals surface area contributed by atoms with Crippen molar-refractivity contribution in [2.45, 2.75) is 12.5 Å². The van der Waals surface area contributed by atoms with Crippen LogP contribution in [0.25, 0.3) is 0 Å². The summed E-state index contributed by atoms with van der Waals surface area (Å²) in [7, 11) is 2.06. The highest BCUT2D eigenvalue weighted by Crippen LogP contribution is 2.31. The van der Waals surface area contributed by atoms with Gasteiger partial charge in [0.2, 0.25) is 0 Å². The van der Waals surface area contributed by atoms with E-state index in [9.17, 15) is 0 Å². The molecule has 1 fully saturated rings. The molecule has 0 saturated carbocycles. The van der Waals surface area contributed by atoms with Gasteiger partial charge in [-0.05, 0) is 40.2 Å². The van der Waals surface area contributed by atoms with Gasteiger partial charge in [0.05, 0.1) is 5.56 Å². The van der Waals surface area contributed by atoms with Gasteiger partial charge in [-0.3, -0.25) is 0 Å². The molecular weight excluding hydrogens is 314 g/mol. The molecule has 1 unspecified atom stereocenters. The van der Waals surface area contributed by atoms with E-state index >= 15 is 0 Å². The Balaban J connectivity index is 2.40. The molecule has 4 nitrogen and oxygen atoms in total. The lowest BCUT2D eigenvalue weighted by Gasteiger charge is -2.28. The fourth-order valence-corrected chi connectivity index (χ4v) is 3.96. The van der Waals surface area contributed by atoms with Gasteiger partial charge in [-0.1, -0.05) is 11.2 Å². The van der Waals surface area contributed by atoms with Gasteiger partial charge in [-0.15, -0.1) is 0 Å². The SMILES string of the molecule is CN(c1cccc(Br)c1/C(N)=N/O)C1CCSC1. The molecule has 2 rings (SSSR count). The van der Waals surface area contributed by atoms with Crippen molar-refractivity contribution in [2.75, 3.05) is 23.5 Å². The number of amidine groups is 1. The second-order valence-corrected chi connectivity index (χ2v) is 6.25. The van der Waals surface area contributed by atoms with Crippen molar-refractivity contribution in [3.63, 3.8) is 0 Å². The number of benzene rings is 1. The quantitative estimate of drug-likeness (QED) is 0.387. The molecule has 98 valence electrons. The molecule has 1 saturated heterocycles. The van der Waals surface area contributed by atoms with Crippen LogP contribution in [0.5, 0.6) is 0 Å². The molecule has 1 heterocycles. The Kier molecular flexibility index (Phi) is 4.40. The summed E-state index contributed by atoms with van der Waals surface area (Å²) in [5.41, 5.74) is 7.51. The Morgan fingerprint density at radius 2 is 2.39 bits per heavy atom. The number of hydrogen-bond donors (Lipinski definition) is 2. The molecule has 1 aliphatic heterocycles. The molecule has 1 aromatic carbocycles. The van der Waals surface area contributed by atoms with Gasteiger partial charge in [0.1, 0.15) is 0 Å². The summed E-state index contributed by atoms with van der Waals surface area (Å²) in [4.78, 5) is 2.22. The highest BCUT2D eigenvalue weighted by Gasteiger charge is 2.23. The van der Waals surface area contributed by atoms with E-state index in [1.165, 1.54) is 12.2 Å². The number of thioether (sulfide) groups is 1. The fourth-order valence-electron chi connectivity index (χ4n) is 2.13. The van der Waals surface area contributed by atoms with Gasteiger partial charge in [-0.2, -0.15) is 11.8 Å². The highest BCUT2D eigenvalue weighted by molar-refractivity contribution is 9.10. The van der Waals surface area contributed by atoms with Gasteiger partial charge in [-0.25, -0.2) is 0 Å². The molecule has 1 aliphatic rings. The van der Waals surface area contributed by atoms with Crippen molar-refractivity contribution in [1.29, 1.82) is 0 Å². The third-order valence-electron chi connectivity index (χ3n) is 3.19. The van der Waals surface area contributed by atoms with E-state index in [-0.39, 0.29) is 5.84 Å². The number of oxime groups is 1. The second kappa shape index (κ2) is 5.84. The summed E-state index contributed by atoms with van der Waals surface area (Å²) in [5.74, 6) is 2.45. The zero-order chi connectivity index (χ0) is 13.1. The van der Waals surface area contributed by atoms with E-state index in [1.807, 2.05) is 30.0 Å². The summed E-state index contributed by atoms with van der Waals surface area (Å²) in [6.45, 7) is 0. The van der Waals surface area contributed by atoms with Crippen molar-refractivity contribution in [3.8, 4) is 0 Å². The zero-order valence-electron chi connectivity index (χ0n) is 10.1. The molecule has 1 atom stereocenters. The molecule has 3 N–H and O–H groups in total. The average molecular weight is 330 g/mol. The number of nitrogens with zero attached hydrogens (tertiary/aromatic N) is 2. The molecule has 18 heavy (non-hydrogen) atoms. The summed E-state index contributed by atoms with van der Waals surface area (Å²) in [6, 6.07) is 6.37. The minimum Gasteiger partial charge on any atom is -0.409 e. The Hall–Kier alpha value is -0.880. The lowest BCUT2D eigenvalue weighted by Crippen LogP contribution is -2.33. The molecule has 1 aromatic rings. The first-order valence-electron chi connectivity index (χ1n) is 5.72. The smallest absolute Gasteiger partial charge is 0.173 e. The molecule has 6 heteroatoms. The zero-order valence-corrected chi connectivity index (χ0v) is 12.5. The predicted molar refractivity (Wildman–Crippen MR) is 80.8 cm³/mol. The Morgan fingerprint density at radius 3 is 3.00 bits per heavy atom. The van der Waals surface area contributed by atoms with Gasteiger partial charge in [0.25, 0.3) is 0 Å². The lowest BCUT2D eigenvalue weighted by molar-refractivity contribution is 0.318. The molecule has 0 radical (unpaired) electrons. The van der Waals surface area contributed by atoms with Crippen LogP contribution in [0.1, 0.15) is 12.0 Å². The van der Waals surface area contributed by atoms with Crippen molar-refractivity contribution in [2.24, 2.45) is 10.9 Å². The summed E-state index contributed by atoms with van der Waals surface area (Å²) in [5, 5.41) is 12.0. The molecular formula is C12H16BrN3OS. The first-order chi connectivity index (χ1) is 8.65. The Morgan fingerprint density at radius 1 is 1.61 bits per heavy atom. The van der Waals surface area contributed by atoms with Crippen molar-refractivity contribution >= 4 is 39.2 Å². The number of hydrogen-bond acceptors (Lipinski definition) is 4. The van der Waals surface area contributed by atoms with Crippen LogP contribution in [-0.4, -0.2) is 35.6 Å². The van der Waals surface area contributed by atoms with E-state index in [2.05, 4.69) is 33.0 Å². The van der Waals surface area contributed by atoms with Gasteiger partial charge in [0.15, 0.2) is 5.84 Å². The summed E-state index contributed by atoms with van der Waals surface area (Å²) in [6.07, 6.45) is 1.17. The monoisotopic (exact) mass is 329 g/mol. The average Bonchev–Trinajstić information content (AvgIpc) is 2.90. The normalized spacial score (nSPS) is 20.1. The van der Waals surface area contributed by atoms with Crippen LogP contribution < -0.4 is 10.6 Å². The highest BCUT2D eigenvalue weighted by atomic mass is 79.9. The third kappa shape index (κ3) is 2.59. The fraction of sp³-hybridized carbons (Fsp3) is 0.417. The summed E-state index contributed by atoms with van der Waals surface area (Å²) < 4.78 is 0.841. The number of nitrogens with two attached hydrogens (primary N) is 1. The minimum atomic E-state index is 0.134. The van der Waals surface area contributed by atoms with Crippen LogP contribution in [-0.2, 0) is 0 Å². The first-order valence-corrected chi connectivity index (χ1v) is 7.67. The first kappa shape index (κ1) is 13.5. The topological polar surface area (TPSA) is 61.8 Å².